The molecule has 1 aliphatic carbocycles. The summed E-state index contributed by atoms with van der Waals surface area (Å²) in [5.74, 6) is 0. The monoisotopic (exact) mass is 329 g/mol. The third-order valence-corrected chi connectivity index (χ3v) is 5.89. The maximum Gasteiger partial charge on any atom is 0.106 e. The van der Waals surface area contributed by atoms with Gasteiger partial charge in [-0.1, -0.05) is 36.6 Å². The zero-order chi connectivity index (χ0) is 15.7. The lowest BCUT2D eigenvalue weighted by Gasteiger charge is -2.41. The molecule has 2 N–H and O–H groups in total. The van der Waals surface area contributed by atoms with Crippen molar-refractivity contribution < 1.29 is 9.32 Å². The molecule has 0 unspecified atom stereocenters. The number of hydrogen-bond donors (Lipinski definition) is 2. The van der Waals surface area contributed by atoms with Gasteiger partial charge < -0.3 is 5.11 Å². The van der Waals surface area contributed by atoms with Crippen LogP contribution in [0.1, 0.15) is 52.0 Å². The number of hydrogen-bond acceptors (Lipinski definition) is 2. The molecule has 1 fully saturated rings. The van der Waals surface area contributed by atoms with E-state index >= 15 is 0 Å². The van der Waals surface area contributed by atoms with Gasteiger partial charge in [-0.15, -0.1) is 0 Å². The maximum atomic E-state index is 12.4. The van der Waals surface area contributed by atoms with Gasteiger partial charge >= 0.3 is 0 Å². The molecule has 3 atom stereocenters. The maximum absolute atomic E-state index is 12.4. The van der Waals surface area contributed by atoms with E-state index in [-0.39, 0.29) is 10.8 Å². The molecule has 118 valence electrons. The Labute approximate surface area is 134 Å². The smallest absolute Gasteiger partial charge is 0.106 e. The number of rotatable bonds is 3. The SMILES string of the molecule is CC(C)(C)[S@@](=O)N[C@H]1CCCC[C@@]1(O)c1ccc(Cl)cc1. The van der Waals surface area contributed by atoms with Crippen molar-refractivity contribution in [3.63, 3.8) is 0 Å². The fourth-order valence-corrected chi connectivity index (χ4v) is 3.75. The van der Waals surface area contributed by atoms with Crippen molar-refractivity contribution in [1.29, 1.82) is 0 Å². The standard InChI is InChI=1S/C16H24ClNO2S/c1-15(2,3)21(20)18-14-6-4-5-11-16(14,19)12-7-9-13(17)10-8-12/h7-10,14,18-19H,4-6,11H2,1-3H3/t14-,16+,21+/m0/s1. The zero-order valence-corrected chi connectivity index (χ0v) is 14.4. The molecule has 3 nitrogen and oxygen atoms in total. The third kappa shape index (κ3) is 3.86. The van der Waals surface area contributed by atoms with Crippen molar-refractivity contribution in [3.8, 4) is 0 Å². The molecule has 0 aromatic heterocycles. The van der Waals surface area contributed by atoms with Crippen molar-refractivity contribution in [3.05, 3.63) is 34.9 Å². The quantitative estimate of drug-likeness (QED) is 0.891. The average molecular weight is 330 g/mol. The second kappa shape index (κ2) is 6.37. The molecular weight excluding hydrogens is 306 g/mol. The Bertz CT molecular complexity index is 512. The van der Waals surface area contributed by atoms with Gasteiger partial charge in [-0.2, -0.15) is 0 Å². The van der Waals surface area contributed by atoms with Gasteiger partial charge in [0.15, 0.2) is 0 Å². The highest BCUT2D eigenvalue weighted by molar-refractivity contribution is 7.84. The molecule has 21 heavy (non-hydrogen) atoms. The van der Waals surface area contributed by atoms with Crippen LogP contribution in [0.3, 0.4) is 0 Å². The molecule has 1 saturated carbocycles. The molecule has 0 saturated heterocycles. The van der Waals surface area contributed by atoms with Crippen LogP contribution in [0, 0.1) is 0 Å². The summed E-state index contributed by atoms with van der Waals surface area (Å²) >= 11 is 5.93. The molecule has 1 aliphatic rings. The molecule has 0 spiro atoms. The second-order valence-corrected chi connectivity index (χ2v) is 9.16. The minimum absolute atomic E-state index is 0.201. The van der Waals surface area contributed by atoms with Gasteiger partial charge in [0.2, 0.25) is 0 Å². The lowest BCUT2D eigenvalue weighted by atomic mass is 9.76. The number of nitrogens with one attached hydrogen (secondary N) is 1. The number of halogens is 1. The molecule has 0 radical (unpaired) electrons. The minimum atomic E-state index is -1.20. The summed E-state index contributed by atoms with van der Waals surface area (Å²) in [7, 11) is -1.20. The Kier molecular flexibility index (Phi) is 5.14. The topological polar surface area (TPSA) is 49.3 Å². The third-order valence-electron chi connectivity index (χ3n) is 4.03. The normalized spacial score (nSPS) is 28.3. The first kappa shape index (κ1) is 16.9. The summed E-state index contributed by atoms with van der Waals surface area (Å²) < 4.78 is 15.2. The zero-order valence-electron chi connectivity index (χ0n) is 12.9. The van der Waals surface area contributed by atoms with Crippen molar-refractivity contribution in [2.24, 2.45) is 0 Å². The summed E-state index contributed by atoms with van der Waals surface area (Å²) in [6, 6.07) is 7.11. The molecular formula is C16H24ClNO2S. The number of aliphatic hydroxyl groups is 1. The molecule has 0 bridgehead atoms. The van der Waals surface area contributed by atoms with Crippen LogP contribution in [0.2, 0.25) is 5.02 Å². The molecule has 1 aromatic carbocycles. The van der Waals surface area contributed by atoms with E-state index in [1.807, 2.05) is 32.9 Å². The van der Waals surface area contributed by atoms with Gasteiger partial charge in [-0.3, -0.25) is 0 Å². The van der Waals surface area contributed by atoms with E-state index in [0.29, 0.717) is 11.4 Å². The van der Waals surface area contributed by atoms with E-state index < -0.39 is 16.6 Å². The van der Waals surface area contributed by atoms with E-state index in [2.05, 4.69) is 4.72 Å². The highest BCUT2D eigenvalue weighted by Crippen LogP contribution is 2.38. The van der Waals surface area contributed by atoms with Gasteiger partial charge in [0, 0.05) is 5.02 Å². The Hall–Kier alpha value is -0.420. The average Bonchev–Trinajstić information content (AvgIpc) is 2.41. The van der Waals surface area contributed by atoms with Gasteiger partial charge in [-0.25, -0.2) is 8.93 Å². The molecule has 1 aromatic rings. The predicted molar refractivity (Wildman–Crippen MR) is 88.6 cm³/mol. The largest absolute Gasteiger partial charge is 0.383 e. The lowest BCUT2D eigenvalue weighted by Crippen LogP contribution is -2.53. The van der Waals surface area contributed by atoms with Crippen molar-refractivity contribution >= 4 is 22.6 Å². The van der Waals surface area contributed by atoms with Crippen LogP contribution in [0.5, 0.6) is 0 Å². The van der Waals surface area contributed by atoms with Crippen LogP contribution in [0.4, 0.5) is 0 Å². The summed E-state index contributed by atoms with van der Waals surface area (Å²) in [5.41, 5.74) is -0.140. The Morgan fingerprint density at radius 1 is 1.29 bits per heavy atom. The molecule has 5 heteroatoms. The van der Waals surface area contributed by atoms with E-state index in [0.717, 1.165) is 24.8 Å². The van der Waals surface area contributed by atoms with Gasteiger partial charge in [-0.05, 0) is 51.3 Å². The summed E-state index contributed by atoms with van der Waals surface area (Å²) in [5, 5.41) is 11.8. The Balaban J connectivity index is 2.25. The van der Waals surface area contributed by atoms with E-state index in [4.69, 9.17) is 11.6 Å². The van der Waals surface area contributed by atoms with Crippen LogP contribution in [0.15, 0.2) is 24.3 Å². The fourth-order valence-electron chi connectivity index (χ4n) is 2.70. The summed E-state index contributed by atoms with van der Waals surface area (Å²) in [6.45, 7) is 5.79. The summed E-state index contributed by atoms with van der Waals surface area (Å²) in [6.07, 6.45) is 3.50. The molecule has 2 rings (SSSR count). The Morgan fingerprint density at radius 3 is 2.48 bits per heavy atom. The number of benzene rings is 1. The van der Waals surface area contributed by atoms with Crippen LogP contribution in [-0.2, 0) is 16.6 Å². The van der Waals surface area contributed by atoms with Crippen molar-refractivity contribution in [2.75, 3.05) is 0 Å². The molecule has 0 aliphatic heterocycles. The van der Waals surface area contributed by atoms with E-state index in [9.17, 15) is 9.32 Å². The van der Waals surface area contributed by atoms with Crippen LogP contribution in [0.25, 0.3) is 0 Å². The van der Waals surface area contributed by atoms with Gasteiger partial charge in [0.05, 0.1) is 21.8 Å². The highest BCUT2D eigenvalue weighted by Gasteiger charge is 2.42. The van der Waals surface area contributed by atoms with Crippen molar-refractivity contribution in [1.82, 2.24) is 4.72 Å². The first-order valence-electron chi connectivity index (χ1n) is 7.40. The van der Waals surface area contributed by atoms with E-state index in [1.54, 1.807) is 12.1 Å². The van der Waals surface area contributed by atoms with Crippen LogP contribution >= 0.6 is 11.6 Å². The predicted octanol–water partition coefficient (Wildman–Crippen LogP) is 3.52. The van der Waals surface area contributed by atoms with Crippen molar-refractivity contribution in [2.45, 2.75) is 62.8 Å². The van der Waals surface area contributed by atoms with Crippen LogP contribution < -0.4 is 4.72 Å². The first-order valence-corrected chi connectivity index (χ1v) is 8.93. The summed E-state index contributed by atoms with van der Waals surface area (Å²) in [4.78, 5) is 0. The fraction of sp³-hybridized carbons (Fsp3) is 0.625. The Morgan fingerprint density at radius 2 is 1.90 bits per heavy atom. The minimum Gasteiger partial charge on any atom is -0.383 e. The lowest BCUT2D eigenvalue weighted by molar-refractivity contribution is -0.0246. The molecule has 0 heterocycles. The van der Waals surface area contributed by atoms with Gasteiger partial charge in [0.1, 0.15) is 5.60 Å². The highest BCUT2D eigenvalue weighted by atomic mass is 35.5. The second-order valence-electron chi connectivity index (χ2n) is 6.73. The van der Waals surface area contributed by atoms with Crippen LogP contribution in [-0.4, -0.2) is 20.1 Å². The molecule has 0 amide bonds. The van der Waals surface area contributed by atoms with E-state index in [1.165, 1.54) is 0 Å². The first-order chi connectivity index (χ1) is 9.73. The van der Waals surface area contributed by atoms with Gasteiger partial charge in [0.25, 0.3) is 0 Å².